The second-order valence-corrected chi connectivity index (χ2v) is 3.31. The number of anilines is 1. The van der Waals surface area contributed by atoms with Crippen LogP contribution in [-0.2, 0) is 0 Å². The molecule has 0 heterocycles. The number of allylic oxidation sites excluding steroid dienone is 1. The lowest BCUT2D eigenvalue weighted by Gasteiger charge is -2.12. The standard InChI is InChI=1S/C12H13NO/c14-12-8-6-11(7-9-12)13-10-4-2-1-3-5-10/h1-8,12-14H,9H2. The average molecular weight is 187 g/mol. The molecule has 0 bridgehead atoms. The zero-order valence-electron chi connectivity index (χ0n) is 7.85. The SMILES string of the molecule is OC1C=CC(Nc2ccccc2)=CC1. The van der Waals surface area contributed by atoms with E-state index in [2.05, 4.69) is 5.32 Å². The van der Waals surface area contributed by atoms with Crippen molar-refractivity contribution in [2.45, 2.75) is 12.5 Å². The molecule has 0 radical (unpaired) electrons. The zero-order valence-corrected chi connectivity index (χ0v) is 7.85. The first-order valence-electron chi connectivity index (χ1n) is 4.73. The zero-order chi connectivity index (χ0) is 9.80. The van der Waals surface area contributed by atoms with Crippen molar-refractivity contribution in [3.63, 3.8) is 0 Å². The largest absolute Gasteiger partial charge is 0.389 e. The van der Waals surface area contributed by atoms with Gasteiger partial charge in [0.15, 0.2) is 0 Å². The normalized spacial score (nSPS) is 20.4. The minimum absolute atomic E-state index is 0.323. The summed E-state index contributed by atoms with van der Waals surface area (Å²) in [5.41, 5.74) is 2.11. The van der Waals surface area contributed by atoms with Crippen LogP contribution in [0.15, 0.2) is 54.3 Å². The molecule has 0 amide bonds. The molecule has 2 nitrogen and oxygen atoms in total. The molecule has 1 aromatic rings. The third kappa shape index (κ3) is 2.24. The molecule has 1 aliphatic carbocycles. The topological polar surface area (TPSA) is 32.3 Å². The lowest BCUT2D eigenvalue weighted by atomic mass is 10.1. The van der Waals surface area contributed by atoms with Crippen LogP contribution in [0.2, 0.25) is 0 Å². The molecule has 0 saturated heterocycles. The summed E-state index contributed by atoms with van der Waals surface area (Å²) in [5, 5.41) is 12.5. The van der Waals surface area contributed by atoms with E-state index in [1.807, 2.05) is 42.5 Å². The molecule has 14 heavy (non-hydrogen) atoms. The summed E-state index contributed by atoms with van der Waals surface area (Å²) in [4.78, 5) is 0. The molecule has 2 N–H and O–H groups in total. The summed E-state index contributed by atoms with van der Waals surface area (Å²) >= 11 is 0. The Morgan fingerprint density at radius 1 is 1.21 bits per heavy atom. The maximum atomic E-state index is 9.23. The van der Waals surface area contributed by atoms with Crippen LogP contribution >= 0.6 is 0 Å². The van der Waals surface area contributed by atoms with Crippen molar-refractivity contribution in [3.05, 3.63) is 54.3 Å². The van der Waals surface area contributed by atoms with Crippen LogP contribution in [0, 0.1) is 0 Å². The highest BCUT2D eigenvalue weighted by molar-refractivity contribution is 5.51. The number of hydrogen-bond acceptors (Lipinski definition) is 2. The van der Waals surface area contributed by atoms with Crippen molar-refractivity contribution in [1.82, 2.24) is 0 Å². The molecular weight excluding hydrogens is 174 g/mol. The van der Waals surface area contributed by atoms with Gasteiger partial charge in [-0.1, -0.05) is 30.4 Å². The van der Waals surface area contributed by atoms with Crippen LogP contribution in [0.5, 0.6) is 0 Å². The molecule has 72 valence electrons. The Balaban J connectivity index is 2.03. The van der Waals surface area contributed by atoms with E-state index in [0.717, 1.165) is 11.4 Å². The third-order valence-corrected chi connectivity index (χ3v) is 2.14. The van der Waals surface area contributed by atoms with Crippen LogP contribution < -0.4 is 5.32 Å². The second-order valence-electron chi connectivity index (χ2n) is 3.31. The van der Waals surface area contributed by atoms with E-state index in [9.17, 15) is 5.11 Å². The van der Waals surface area contributed by atoms with E-state index >= 15 is 0 Å². The minimum Gasteiger partial charge on any atom is -0.389 e. The molecule has 0 aliphatic heterocycles. The van der Waals surface area contributed by atoms with Gasteiger partial charge >= 0.3 is 0 Å². The lowest BCUT2D eigenvalue weighted by Crippen LogP contribution is -2.07. The number of benzene rings is 1. The maximum absolute atomic E-state index is 9.23. The van der Waals surface area contributed by atoms with Crippen molar-refractivity contribution in [2.24, 2.45) is 0 Å². The molecule has 0 aromatic heterocycles. The first-order chi connectivity index (χ1) is 6.84. The number of aliphatic hydroxyl groups is 1. The Morgan fingerprint density at radius 2 is 2.00 bits per heavy atom. The first-order valence-corrected chi connectivity index (χ1v) is 4.73. The summed E-state index contributed by atoms with van der Waals surface area (Å²) in [5.74, 6) is 0. The van der Waals surface area contributed by atoms with Gasteiger partial charge in [0.1, 0.15) is 0 Å². The van der Waals surface area contributed by atoms with Gasteiger partial charge in [-0.2, -0.15) is 0 Å². The van der Waals surface area contributed by atoms with Crippen LogP contribution in [-0.4, -0.2) is 11.2 Å². The van der Waals surface area contributed by atoms with Crippen LogP contribution in [0.25, 0.3) is 0 Å². The van der Waals surface area contributed by atoms with Gasteiger partial charge in [0.05, 0.1) is 6.10 Å². The third-order valence-electron chi connectivity index (χ3n) is 2.14. The van der Waals surface area contributed by atoms with Gasteiger partial charge in [-0.25, -0.2) is 0 Å². The Morgan fingerprint density at radius 3 is 2.64 bits per heavy atom. The van der Waals surface area contributed by atoms with E-state index in [1.54, 1.807) is 6.08 Å². The Kier molecular flexibility index (Phi) is 2.65. The minimum atomic E-state index is -0.323. The highest BCUT2D eigenvalue weighted by atomic mass is 16.3. The van der Waals surface area contributed by atoms with E-state index in [4.69, 9.17) is 0 Å². The lowest BCUT2D eigenvalue weighted by molar-refractivity contribution is 0.225. The van der Waals surface area contributed by atoms with Gasteiger partial charge in [-0.3, -0.25) is 0 Å². The van der Waals surface area contributed by atoms with E-state index in [0.29, 0.717) is 6.42 Å². The highest BCUT2D eigenvalue weighted by Gasteiger charge is 2.03. The number of rotatable bonds is 2. The fourth-order valence-corrected chi connectivity index (χ4v) is 1.39. The second kappa shape index (κ2) is 4.11. The molecule has 1 atom stereocenters. The van der Waals surface area contributed by atoms with Crippen LogP contribution in [0.1, 0.15) is 6.42 Å². The van der Waals surface area contributed by atoms with Crippen molar-refractivity contribution in [2.75, 3.05) is 5.32 Å². The molecular formula is C12H13NO. The molecule has 1 aromatic carbocycles. The smallest absolute Gasteiger partial charge is 0.0759 e. The summed E-state index contributed by atoms with van der Waals surface area (Å²) in [7, 11) is 0. The average Bonchev–Trinajstić information content (AvgIpc) is 2.23. The predicted molar refractivity (Wildman–Crippen MR) is 57.9 cm³/mol. The Hall–Kier alpha value is -1.54. The number of hydrogen-bond donors (Lipinski definition) is 2. The summed E-state index contributed by atoms with van der Waals surface area (Å²) in [6.45, 7) is 0. The Bertz CT molecular complexity index is 354. The molecule has 2 heteroatoms. The number of aliphatic hydroxyl groups excluding tert-OH is 1. The molecule has 1 unspecified atom stereocenters. The van der Waals surface area contributed by atoms with Gasteiger partial charge in [0.25, 0.3) is 0 Å². The molecule has 0 saturated carbocycles. The van der Waals surface area contributed by atoms with Crippen molar-refractivity contribution < 1.29 is 5.11 Å². The molecule has 0 spiro atoms. The maximum Gasteiger partial charge on any atom is 0.0759 e. The number of nitrogens with one attached hydrogen (secondary N) is 1. The molecule has 2 rings (SSSR count). The molecule has 0 fully saturated rings. The summed E-state index contributed by atoms with van der Waals surface area (Å²) in [6.07, 6.45) is 6.06. The van der Waals surface area contributed by atoms with E-state index < -0.39 is 0 Å². The molecule has 1 aliphatic rings. The van der Waals surface area contributed by atoms with Gasteiger partial charge in [-0.15, -0.1) is 0 Å². The van der Waals surface area contributed by atoms with E-state index in [-0.39, 0.29) is 6.10 Å². The predicted octanol–water partition coefficient (Wildman–Crippen LogP) is 2.30. The highest BCUT2D eigenvalue weighted by Crippen LogP contribution is 2.14. The van der Waals surface area contributed by atoms with Crippen LogP contribution in [0.3, 0.4) is 0 Å². The monoisotopic (exact) mass is 187 g/mol. The van der Waals surface area contributed by atoms with Crippen molar-refractivity contribution in [3.8, 4) is 0 Å². The van der Waals surface area contributed by atoms with E-state index in [1.165, 1.54) is 0 Å². The fraction of sp³-hybridized carbons (Fsp3) is 0.167. The van der Waals surface area contributed by atoms with Crippen molar-refractivity contribution >= 4 is 5.69 Å². The quantitative estimate of drug-likeness (QED) is 0.744. The van der Waals surface area contributed by atoms with Gasteiger partial charge in [0, 0.05) is 11.4 Å². The van der Waals surface area contributed by atoms with Gasteiger partial charge in [0.2, 0.25) is 0 Å². The fourth-order valence-electron chi connectivity index (χ4n) is 1.39. The summed E-state index contributed by atoms with van der Waals surface area (Å²) in [6, 6.07) is 9.99. The number of para-hydroxylation sites is 1. The van der Waals surface area contributed by atoms with Crippen molar-refractivity contribution in [1.29, 1.82) is 0 Å². The first kappa shape index (κ1) is 9.03. The Labute approximate surface area is 83.6 Å². The summed E-state index contributed by atoms with van der Waals surface area (Å²) < 4.78 is 0. The van der Waals surface area contributed by atoms with Gasteiger partial charge < -0.3 is 10.4 Å². The van der Waals surface area contributed by atoms with Crippen LogP contribution in [0.4, 0.5) is 5.69 Å². The van der Waals surface area contributed by atoms with Gasteiger partial charge in [-0.05, 0) is 24.6 Å².